The average Bonchev–Trinajstić information content (AvgIpc) is 2.97. The van der Waals surface area contributed by atoms with E-state index in [4.69, 9.17) is 0 Å². The molecule has 1 aromatic carbocycles. The van der Waals surface area contributed by atoms with Crippen molar-refractivity contribution in [2.75, 3.05) is 11.6 Å². The van der Waals surface area contributed by atoms with Crippen LogP contribution in [-0.4, -0.2) is 28.0 Å². The molecule has 2 aliphatic rings. The second-order valence-electron chi connectivity index (χ2n) is 7.38. The zero-order valence-corrected chi connectivity index (χ0v) is 14.4. The van der Waals surface area contributed by atoms with Crippen molar-refractivity contribution in [1.29, 1.82) is 5.26 Å². The third-order valence-corrected chi connectivity index (χ3v) is 5.29. The van der Waals surface area contributed by atoms with E-state index in [9.17, 15) is 10.1 Å². The number of anilines is 1. The van der Waals surface area contributed by atoms with Gasteiger partial charge in [-0.15, -0.1) is 0 Å². The predicted octanol–water partition coefficient (Wildman–Crippen LogP) is 3.03. The molecule has 0 N–H and O–H groups in total. The third-order valence-electron chi connectivity index (χ3n) is 5.29. The lowest BCUT2D eigenvalue weighted by Gasteiger charge is -2.50. The van der Waals surface area contributed by atoms with Crippen LogP contribution in [0.15, 0.2) is 42.7 Å². The molecule has 0 radical (unpaired) electrons. The van der Waals surface area contributed by atoms with Crippen molar-refractivity contribution >= 4 is 11.6 Å². The Morgan fingerprint density at radius 1 is 1.36 bits per heavy atom. The number of benzene rings is 1. The van der Waals surface area contributed by atoms with Crippen LogP contribution in [0.25, 0.3) is 0 Å². The number of amides is 1. The Morgan fingerprint density at radius 2 is 2.20 bits per heavy atom. The van der Waals surface area contributed by atoms with Gasteiger partial charge in [0, 0.05) is 30.0 Å². The number of nitrogens with zero attached hydrogens (tertiary/aromatic N) is 4. The summed E-state index contributed by atoms with van der Waals surface area (Å²) in [5, 5.41) is 9.19. The van der Waals surface area contributed by atoms with Crippen molar-refractivity contribution in [1.82, 2.24) is 9.88 Å². The van der Waals surface area contributed by atoms with Crippen LogP contribution in [0.5, 0.6) is 0 Å². The van der Waals surface area contributed by atoms with Crippen LogP contribution in [0.2, 0.25) is 0 Å². The summed E-state index contributed by atoms with van der Waals surface area (Å²) in [5.41, 5.74) is 3.95. The van der Waals surface area contributed by atoms with E-state index in [2.05, 4.69) is 35.9 Å². The van der Waals surface area contributed by atoms with Crippen molar-refractivity contribution in [3.8, 4) is 6.07 Å². The highest BCUT2D eigenvalue weighted by molar-refractivity contribution is 5.85. The molecule has 25 heavy (non-hydrogen) atoms. The molecule has 5 nitrogen and oxygen atoms in total. The van der Waals surface area contributed by atoms with Crippen LogP contribution in [0, 0.1) is 11.3 Å². The maximum atomic E-state index is 12.1. The van der Waals surface area contributed by atoms with Gasteiger partial charge in [0.15, 0.2) is 0 Å². The molecule has 1 saturated heterocycles. The van der Waals surface area contributed by atoms with E-state index in [1.165, 1.54) is 0 Å². The van der Waals surface area contributed by atoms with Gasteiger partial charge in [0.25, 0.3) is 0 Å². The molecule has 126 valence electrons. The zero-order chi connectivity index (χ0) is 17.6. The summed E-state index contributed by atoms with van der Waals surface area (Å²) in [6.45, 7) is 4.76. The minimum Gasteiger partial charge on any atom is -0.346 e. The van der Waals surface area contributed by atoms with Gasteiger partial charge in [0.1, 0.15) is 0 Å². The molecule has 0 saturated carbocycles. The van der Waals surface area contributed by atoms with E-state index < -0.39 is 0 Å². The van der Waals surface area contributed by atoms with Crippen molar-refractivity contribution < 1.29 is 4.79 Å². The predicted molar refractivity (Wildman–Crippen MR) is 94.7 cm³/mol. The summed E-state index contributed by atoms with van der Waals surface area (Å²) in [5.74, 6) is 0.192. The van der Waals surface area contributed by atoms with Gasteiger partial charge in [0.05, 0.1) is 24.3 Å². The molecule has 5 heteroatoms. The first kappa shape index (κ1) is 15.6. The number of hydrogen-bond acceptors (Lipinski definition) is 4. The summed E-state index contributed by atoms with van der Waals surface area (Å²) in [4.78, 5) is 20.6. The van der Waals surface area contributed by atoms with E-state index in [1.54, 1.807) is 6.20 Å². The Hall–Kier alpha value is -2.87. The second-order valence-corrected chi connectivity index (χ2v) is 7.38. The van der Waals surface area contributed by atoms with Crippen molar-refractivity contribution in [2.45, 2.75) is 38.3 Å². The Morgan fingerprint density at radius 3 is 2.84 bits per heavy atom. The fourth-order valence-electron chi connectivity index (χ4n) is 3.86. The molecule has 3 heterocycles. The van der Waals surface area contributed by atoms with Crippen molar-refractivity contribution in [2.24, 2.45) is 0 Å². The van der Waals surface area contributed by atoms with E-state index in [0.29, 0.717) is 18.7 Å². The van der Waals surface area contributed by atoms with Gasteiger partial charge >= 0.3 is 0 Å². The average molecular weight is 332 g/mol. The third kappa shape index (κ3) is 2.54. The number of fused-ring (bicyclic) bond motifs is 1. The maximum absolute atomic E-state index is 12.1. The largest absolute Gasteiger partial charge is 0.346 e. The highest BCUT2D eigenvalue weighted by atomic mass is 16.2. The second kappa shape index (κ2) is 5.59. The number of carbonyl (C=O) groups is 1. The maximum Gasteiger partial charge on any atom is 0.226 e. The van der Waals surface area contributed by atoms with Crippen LogP contribution < -0.4 is 4.90 Å². The number of hydrogen-bond donors (Lipinski definition) is 0. The van der Waals surface area contributed by atoms with Crippen molar-refractivity contribution in [3.05, 3.63) is 59.4 Å². The van der Waals surface area contributed by atoms with Gasteiger partial charge in [-0.05, 0) is 55.7 Å². The molecule has 1 atom stereocenters. The number of aromatic nitrogens is 1. The van der Waals surface area contributed by atoms with E-state index in [-0.39, 0.29) is 17.5 Å². The summed E-state index contributed by atoms with van der Waals surface area (Å²) >= 11 is 0. The molecule has 1 fully saturated rings. The van der Waals surface area contributed by atoms with Crippen LogP contribution in [-0.2, 0) is 11.2 Å². The minimum atomic E-state index is -0.105. The van der Waals surface area contributed by atoms with Crippen LogP contribution >= 0.6 is 0 Å². The monoisotopic (exact) mass is 332 g/mol. The molecule has 0 bridgehead atoms. The normalized spacial score (nSPS) is 20.8. The molecule has 4 rings (SSSR count). The van der Waals surface area contributed by atoms with Gasteiger partial charge < -0.3 is 9.80 Å². The molecular weight excluding hydrogens is 312 g/mol. The molecule has 1 amide bonds. The van der Waals surface area contributed by atoms with E-state index in [1.807, 2.05) is 35.4 Å². The quantitative estimate of drug-likeness (QED) is 0.811. The highest BCUT2D eigenvalue weighted by Crippen LogP contribution is 2.42. The molecular formula is C20H20N4O. The standard InChI is InChI=1S/C20H20N4O/c1-20(2)10-19(25)24(20)13-23-17-6-5-14(11-21)8-16(17)9-18(23)15-4-3-7-22-12-15/h3-8,12,18H,9-10,13H2,1-2H3. The smallest absolute Gasteiger partial charge is 0.226 e. The first-order valence-electron chi connectivity index (χ1n) is 8.50. The Labute approximate surface area is 147 Å². The molecule has 0 aliphatic carbocycles. The van der Waals surface area contributed by atoms with E-state index >= 15 is 0 Å². The SMILES string of the molecule is CC1(C)CC(=O)N1CN1c2ccc(C#N)cc2CC1c1cccnc1. The van der Waals surface area contributed by atoms with Crippen molar-refractivity contribution in [3.63, 3.8) is 0 Å². The lowest BCUT2D eigenvalue weighted by atomic mass is 9.88. The Balaban J connectivity index is 1.72. The molecule has 1 unspecified atom stereocenters. The fourth-order valence-corrected chi connectivity index (χ4v) is 3.86. The Kier molecular flexibility index (Phi) is 3.50. The number of β-lactam (4-membered cyclic amide) rings is 1. The summed E-state index contributed by atoms with van der Waals surface area (Å²) in [6, 6.07) is 12.2. The first-order valence-corrected chi connectivity index (χ1v) is 8.50. The number of pyridine rings is 1. The fraction of sp³-hybridized carbons (Fsp3) is 0.350. The van der Waals surface area contributed by atoms with E-state index in [0.717, 1.165) is 23.2 Å². The highest BCUT2D eigenvalue weighted by Gasteiger charge is 2.45. The first-order chi connectivity index (χ1) is 12.0. The molecule has 2 aromatic rings. The topological polar surface area (TPSA) is 60.2 Å². The summed E-state index contributed by atoms with van der Waals surface area (Å²) < 4.78 is 0. The van der Waals surface area contributed by atoms with Crippen LogP contribution in [0.3, 0.4) is 0 Å². The minimum absolute atomic E-state index is 0.105. The van der Waals surface area contributed by atoms with Gasteiger partial charge in [-0.3, -0.25) is 9.78 Å². The van der Waals surface area contributed by atoms with Gasteiger partial charge in [-0.2, -0.15) is 5.26 Å². The summed E-state index contributed by atoms with van der Waals surface area (Å²) in [6.07, 6.45) is 5.07. The van der Waals surface area contributed by atoms with Crippen LogP contribution in [0.1, 0.15) is 43.0 Å². The molecule has 1 aromatic heterocycles. The zero-order valence-electron chi connectivity index (χ0n) is 14.4. The van der Waals surface area contributed by atoms with Gasteiger partial charge in [0.2, 0.25) is 5.91 Å². The number of likely N-dealkylation sites (tertiary alicyclic amines) is 1. The molecule has 0 spiro atoms. The number of carbonyl (C=O) groups excluding carboxylic acids is 1. The molecule has 2 aliphatic heterocycles. The lowest BCUT2D eigenvalue weighted by Crippen LogP contribution is -2.62. The lowest BCUT2D eigenvalue weighted by molar-refractivity contribution is -0.153. The van der Waals surface area contributed by atoms with Gasteiger partial charge in [-0.1, -0.05) is 6.07 Å². The van der Waals surface area contributed by atoms with Crippen LogP contribution in [0.4, 0.5) is 5.69 Å². The number of rotatable bonds is 3. The summed E-state index contributed by atoms with van der Waals surface area (Å²) in [7, 11) is 0. The van der Waals surface area contributed by atoms with Gasteiger partial charge in [-0.25, -0.2) is 0 Å². The number of nitriles is 1. The Bertz CT molecular complexity index is 869.